The Bertz CT molecular complexity index is 621. The van der Waals surface area contributed by atoms with Gasteiger partial charge in [0.25, 0.3) is 0 Å². The van der Waals surface area contributed by atoms with Crippen molar-refractivity contribution < 1.29 is 5.11 Å². The van der Waals surface area contributed by atoms with Gasteiger partial charge in [0.15, 0.2) is 0 Å². The number of thiophene rings is 1. The van der Waals surface area contributed by atoms with Crippen LogP contribution in [-0.2, 0) is 18.3 Å². The molecule has 2 aromatic rings. The Hall–Kier alpha value is -1.36. The predicted octanol–water partition coefficient (Wildman–Crippen LogP) is 2.73. The van der Waals surface area contributed by atoms with Crippen LogP contribution in [0.4, 0.5) is 5.00 Å². The van der Waals surface area contributed by atoms with Crippen LogP contribution in [0.2, 0.25) is 0 Å². The van der Waals surface area contributed by atoms with Gasteiger partial charge in [0.1, 0.15) is 6.23 Å². The van der Waals surface area contributed by atoms with Crippen LogP contribution in [0.3, 0.4) is 0 Å². The lowest BCUT2D eigenvalue weighted by Crippen LogP contribution is -2.30. The number of fused-ring (bicyclic) bond motifs is 1. The first-order chi connectivity index (χ1) is 9.51. The standard InChI is InChI=1S/C16H20N2OS/c1-16(10-5-3-2-4-6-10)8-7-11-12(9-16)20-15(18)13(11)14(17)19/h2-6,14,19H,7-9,17-18H2,1H3. The van der Waals surface area contributed by atoms with Crippen molar-refractivity contribution in [3.05, 3.63) is 51.9 Å². The molecular weight excluding hydrogens is 268 g/mol. The number of aliphatic hydroxyl groups excluding tert-OH is 1. The second-order valence-corrected chi connectivity index (χ2v) is 6.97. The molecule has 0 saturated heterocycles. The molecule has 1 heterocycles. The van der Waals surface area contributed by atoms with E-state index in [2.05, 4.69) is 31.2 Å². The van der Waals surface area contributed by atoms with E-state index < -0.39 is 6.23 Å². The van der Waals surface area contributed by atoms with Crippen molar-refractivity contribution in [1.82, 2.24) is 0 Å². The first-order valence-electron chi connectivity index (χ1n) is 6.90. The zero-order valence-electron chi connectivity index (χ0n) is 11.6. The van der Waals surface area contributed by atoms with Gasteiger partial charge in [-0.15, -0.1) is 11.3 Å². The molecular formula is C16H20N2OS. The maximum Gasteiger partial charge on any atom is 0.131 e. The highest BCUT2D eigenvalue weighted by Gasteiger charge is 2.35. The zero-order valence-corrected chi connectivity index (χ0v) is 12.4. The molecule has 2 unspecified atom stereocenters. The van der Waals surface area contributed by atoms with E-state index in [9.17, 15) is 5.11 Å². The number of rotatable bonds is 2. The van der Waals surface area contributed by atoms with Crippen LogP contribution in [-0.4, -0.2) is 5.11 Å². The van der Waals surface area contributed by atoms with Crippen molar-refractivity contribution in [1.29, 1.82) is 0 Å². The number of nitrogen functional groups attached to an aromatic ring is 1. The van der Waals surface area contributed by atoms with Crippen molar-refractivity contribution in [2.24, 2.45) is 5.73 Å². The van der Waals surface area contributed by atoms with E-state index in [1.165, 1.54) is 16.0 Å². The van der Waals surface area contributed by atoms with E-state index in [0.29, 0.717) is 5.00 Å². The fourth-order valence-electron chi connectivity index (χ4n) is 3.22. The minimum Gasteiger partial charge on any atom is -0.390 e. The lowest BCUT2D eigenvalue weighted by molar-refractivity contribution is 0.185. The molecule has 4 heteroatoms. The Kier molecular flexibility index (Phi) is 3.32. The summed E-state index contributed by atoms with van der Waals surface area (Å²) >= 11 is 1.58. The summed E-state index contributed by atoms with van der Waals surface area (Å²) in [5.74, 6) is 0. The van der Waals surface area contributed by atoms with Gasteiger partial charge in [0.05, 0.1) is 5.00 Å². The van der Waals surface area contributed by atoms with Gasteiger partial charge in [-0.25, -0.2) is 0 Å². The molecule has 3 rings (SSSR count). The Morgan fingerprint density at radius 3 is 2.65 bits per heavy atom. The van der Waals surface area contributed by atoms with Gasteiger partial charge in [-0.05, 0) is 35.8 Å². The van der Waals surface area contributed by atoms with Gasteiger partial charge in [0, 0.05) is 10.4 Å². The molecule has 3 nitrogen and oxygen atoms in total. The number of hydrogen-bond acceptors (Lipinski definition) is 4. The van der Waals surface area contributed by atoms with Gasteiger partial charge in [-0.2, -0.15) is 0 Å². The van der Waals surface area contributed by atoms with Gasteiger partial charge in [-0.1, -0.05) is 37.3 Å². The van der Waals surface area contributed by atoms with Crippen molar-refractivity contribution in [2.45, 2.75) is 37.8 Å². The first kappa shape index (κ1) is 13.6. The number of hydrogen-bond donors (Lipinski definition) is 3. The molecule has 0 spiro atoms. The quantitative estimate of drug-likeness (QED) is 0.744. The van der Waals surface area contributed by atoms with Crippen LogP contribution in [0.1, 0.15) is 41.1 Å². The van der Waals surface area contributed by atoms with E-state index in [1.807, 2.05) is 6.07 Å². The summed E-state index contributed by atoms with van der Waals surface area (Å²) in [4.78, 5) is 1.28. The van der Waals surface area contributed by atoms with Crippen LogP contribution >= 0.6 is 11.3 Å². The lowest BCUT2D eigenvalue weighted by Gasteiger charge is -2.34. The smallest absolute Gasteiger partial charge is 0.131 e. The summed E-state index contributed by atoms with van der Waals surface area (Å²) in [5, 5.41) is 10.4. The largest absolute Gasteiger partial charge is 0.390 e. The Morgan fingerprint density at radius 2 is 2.00 bits per heavy atom. The highest BCUT2D eigenvalue weighted by Crippen LogP contribution is 2.45. The fraction of sp³-hybridized carbons (Fsp3) is 0.375. The van der Waals surface area contributed by atoms with E-state index in [0.717, 1.165) is 24.8 Å². The molecule has 1 aromatic heterocycles. The second kappa shape index (κ2) is 4.88. The maximum absolute atomic E-state index is 9.70. The summed E-state index contributed by atoms with van der Waals surface area (Å²) in [6.07, 6.45) is 1.99. The molecule has 0 fully saturated rings. The van der Waals surface area contributed by atoms with Gasteiger partial charge >= 0.3 is 0 Å². The summed E-state index contributed by atoms with van der Waals surface area (Å²) in [6, 6.07) is 10.6. The van der Waals surface area contributed by atoms with Crippen LogP contribution in [0.5, 0.6) is 0 Å². The fourth-order valence-corrected chi connectivity index (χ4v) is 4.57. The highest BCUT2D eigenvalue weighted by atomic mass is 32.1. The minimum absolute atomic E-state index is 0.141. The molecule has 106 valence electrons. The van der Waals surface area contributed by atoms with Crippen molar-refractivity contribution in [2.75, 3.05) is 5.73 Å². The molecule has 0 radical (unpaired) electrons. The molecule has 20 heavy (non-hydrogen) atoms. The molecule has 5 N–H and O–H groups in total. The molecule has 2 atom stereocenters. The first-order valence-corrected chi connectivity index (χ1v) is 7.72. The summed E-state index contributed by atoms with van der Waals surface area (Å²) in [6.45, 7) is 2.31. The van der Waals surface area contributed by atoms with Crippen molar-refractivity contribution >= 4 is 16.3 Å². The van der Waals surface area contributed by atoms with Crippen molar-refractivity contribution in [3.63, 3.8) is 0 Å². The Labute approximate surface area is 123 Å². The van der Waals surface area contributed by atoms with Crippen LogP contribution in [0.15, 0.2) is 30.3 Å². The van der Waals surface area contributed by atoms with E-state index >= 15 is 0 Å². The second-order valence-electron chi connectivity index (χ2n) is 5.83. The molecule has 1 aromatic carbocycles. The van der Waals surface area contributed by atoms with Crippen molar-refractivity contribution in [3.8, 4) is 0 Å². The van der Waals surface area contributed by atoms with Gasteiger partial charge in [-0.3, -0.25) is 0 Å². The third-order valence-electron chi connectivity index (χ3n) is 4.40. The Balaban J connectivity index is 1.99. The molecule has 0 saturated carbocycles. The highest BCUT2D eigenvalue weighted by molar-refractivity contribution is 7.16. The molecule has 0 bridgehead atoms. The molecule has 0 aliphatic heterocycles. The minimum atomic E-state index is -0.962. The Morgan fingerprint density at radius 1 is 1.30 bits per heavy atom. The maximum atomic E-state index is 9.70. The average molecular weight is 288 g/mol. The summed E-state index contributed by atoms with van der Waals surface area (Å²) < 4.78 is 0. The number of anilines is 1. The predicted molar refractivity (Wildman–Crippen MR) is 83.7 cm³/mol. The average Bonchev–Trinajstić information content (AvgIpc) is 2.74. The molecule has 1 aliphatic carbocycles. The third kappa shape index (κ3) is 2.14. The van der Waals surface area contributed by atoms with Crippen LogP contribution in [0.25, 0.3) is 0 Å². The summed E-state index contributed by atoms with van der Waals surface area (Å²) in [7, 11) is 0. The van der Waals surface area contributed by atoms with Crippen LogP contribution < -0.4 is 11.5 Å². The normalized spacial score (nSPS) is 23.4. The lowest BCUT2D eigenvalue weighted by atomic mass is 9.71. The topological polar surface area (TPSA) is 72.3 Å². The zero-order chi connectivity index (χ0) is 14.3. The SMILES string of the molecule is CC1(c2ccccc2)CCc2c(sc(N)c2C(N)O)C1. The number of nitrogens with two attached hydrogens (primary N) is 2. The number of benzene rings is 1. The van der Waals surface area contributed by atoms with Gasteiger partial charge in [0.2, 0.25) is 0 Å². The van der Waals surface area contributed by atoms with E-state index in [-0.39, 0.29) is 5.41 Å². The van der Waals surface area contributed by atoms with E-state index in [4.69, 9.17) is 11.5 Å². The van der Waals surface area contributed by atoms with Gasteiger partial charge < -0.3 is 16.6 Å². The monoisotopic (exact) mass is 288 g/mol. The van der Waals surface area contributed by atoms with E-state index in [1.54, 1.807) is 11.3 Å². The number of aliphatic hydroxyl groups is 1. The van der Waals surface area contributed by atoms with Crippen LogP contribution in [0, 0.1) is 0 Å². The molecule has 1 aliphatic rings. The summed E-state index contributed by atoms with van der Waals surface area (Å²) in [5.41, 5.74) is 15.1. The third-order valence-corrected chi connectivity index (χ3v) is 5.48. The molecule has 0 amide bonds.